The van der Waals surface area contributed by atoms with Crippen molar-refractivity contribution in [1.29, 1.82) is 0 Å². The van der Waals surface area contributed by atoms with Crippen molar-refractivity contribution in [1.82, 2.24) is 14.1 Å². The topological polar surface area (TPSA) is 49.0 Å². The van der Waals surface area contributed by atoms with Crippen LogP contribution in [0, 0.1) is 6.92 Å². The Bertz CT molecular complexity index is 653. The van der Waals surface area contributed by atoms with Crippen molar-refractivity contribution < 1.29 is 4.74 Å². The molecule has 1 aliphatic carbocycles. The molecule has 0 bridgehead atoms. The first-order valence-corrected chi connectivity index (χ1v) is 6.46. The van der Waals surface area contributed by atoms with Gasteiger partial charge in [0.05, 0.1) is 19.3 Å². The van der Waals surface area contributed by atoms with Crippen molar-refractivity contribution in [3.05, 3.63) is 46.4 Å². The molecule has 5 nitrogen and oxygen atoms in total. The van der Waals surface area contributed by atoms with Gasteiger partial charge in [-0.1, -0.05) is 0 Å². The minimum Gasteiger partial charge on any atom is -0.497 e. The molecule has 19 heavy (non-hydrogen) atoms. The van der Waals surface area contributed by atoms with Gasteiger partial charge >= 0.3 is 5.69 Å². The molecule has 0 unspecified atom stereocenters. The Morgan fingerprint density at radius 2 is 2.16 bits per heavy atom. The van der Waals surface area contributed by atoms with E-state index in [0.717, 1.165) is 30.0 Å². The van der Waals surface area contributed by atoms with E-state index in [2.05, 4.69) is 4.98 Å². The van der Waals surface area contributed by atoms with Crippen LogP contribution in [0.5, 0.6) is 5.75 Å². The van der Waals surface area contributed by atoms with Crippen molar-refractivity contribution >= 4 is 0 Å². The first-order valence-electron chi connectivity index (χ1n) is 6.46. The number of imidazole rings is 1. The Kier molecular flexibility index (Phi) is 2.89. The van der Waals surface area contributed by atoms with Gasteiger partial charge in [0, 0.05) is 36.3 Å². The lowest BCUT2D eigenvalue weighted by Gasteiger charge is -2.06. The zero-order valence-electron chi connectivity index (χ0n) is 11.2. The van der Waals surface area contributed by atoms with Crippen LogP contribution in [-0.4, -0.2) is 21.2 Å². The van der Waals surface area contributed by atoms with E-state index in [9.17, 15) is 4.79 Å². The molecule has 0 N–H and O–H groups in total. The fourth-order valence-corrected chi connectivity index (χ4v) is 2.26. The van der Waals surface area contributed by atoms with Crippen molar-refractivity contribution in [2.75, 3.05) is 7.11 Å². The van der Waals surface area contributed by atoms with Crippen LogP contribution in [0.2, 0.25) is 0 Å². The SMILES string of the molecule is COc1cc(C)nc(Cn2ccn(C3CC3)c2=O)c1. The van der Waals surface area contributed by atoms with Gasteiger partial charge in [0.1, 0.15) is 5.75 Å². The maximum Gasteiger partial charge on any atom is 0.328 e. The lowest BCUT2D eigenvalue weighted by Crippen LogP contribution is -2.24. The van der Waals surface area contributed by atoms with E-state index < -0.39 is 0 Å². The molecule has 1 aliphatic rings. The van der Waals surface area contributed by atoms with E-state index in [0.29, 0.717) is 12.6 Å². The number of rotatable bonds is 4. The highest BCUT2D eigenvalue weighted by Crippen LogP contribution is 2.33. The van der Waals surface area contributed by atoms with E-state index in [1.807, 2.05) is 36.0 Å². The molecule has 2 heterocycles. The summed E-state index contributed by atoms with van der Waals surface area (Å²) in [5.74, 6) is 0.775. The van der Waals surface area contributed by atoms with Gasteiger partial charge in [0.25, 0.3) is 0 Å². The second kappa shape index (κ2) is 4.57. The Morgan fingerprint density at radius 1 is 1.37 bits per heavy atom. The molecule has 1 fully saturated rings. The molecule has 100 valence electrons. The summed E-state index contributed by atoms with van der Waals surface area (Å²) < 4.78 is 8.73. The van der Waals surface area contributed by atoms with Crippen LogP contribution in [0.1, 0.15) is 30.3 Å². The van der Waals surface area contributed by atoms with Crippen LogP contribution in [0.25, 0.3) is 0 Å². The highest BCUT2D eigenvalue weighted by Gasteiger charge is 2.25. The summed E-state index contributed by atoms with van der Waals surface area (Å²) >= 11 is 0. The molecule has 2 aromatic heterocycles. The normalized spacial score (nSPS) is 14.6. The lowest BCUT2D eigenvalue weighted by molar-refractivity contribution is 0.412. The Morgan fingerprint density at radius 3 is 2.84 bits per heavy atom. The highest BCUT2D eigenvalue weighted by molar-refractivity contribution is 5.26. The predicted octanol–water partition coefficient (Wildman–Crippen LogP) is 1.75. The number of ether oxygens (including phenoxy) is 1. The van der Waals surface area contributed by atoms with E-state index in [1.165, 1.54) is 0 Å². The molecule has 0 amide bonds. The molecular formula is C14H17N3O2. The van der Waals surface area contributed by atoms with Crippen molar-refractivity contribution in [3.63, 3.8) is 0 Å². The summed E-state index contributed by atoms with van der Waals surface area (Å²) in [6.07, 6.45) is 5.92. The summed E-state index contributed by atoms with van der Waals surface area (Å²) in [6.45, 7) is 2.40. The van der Waals surface area contributed by atoms with Gasteiger partial charge in [0.2, 0.25) is 0 Å². The average Bonchev–Trinajstić information content (AvgIpc) is 3.16. The second-order valence-corrected chi connectivity index (χ2v) is 4.99. The van der Waals surface area contributed by atoms with Crippen molar-refractivity contribution in [2.45, 2.75) is 32.4 Å². The monoisotopic (exact) mass is 259 g/mol. The molecule has 0 radical (unpaired) electrons. The number of methoxy groups -OCH3 is 1. The number of nitrogens with zero attached hydrogens (tertiary/aromatic N) is 3. The second-order valence-electron chi connectivity index (χ2n) is 4.99. The Hall–Kier alpha value is -2.04. The molecule has 0 aromatic carbocycles. The van der Waals surface area contributed by atoms with Crippen LogP contribution < -0.4 is 10.4 Å². The third kappa shape index (κ3) is 2.41. The minimum atomic E-state index is 0.0461. The van der Waals surface area contributed by atoms with Gasteiger partial charge < -0.3 is 4.74 Å². The summed E-state index contributed by atoms with van der Waals surface area (Å²) in [5.41, 5.74) is 1.78. The van der Waals surface area contributed by atoms with E-state index in [1.54, 1.807) is 11.7 Å². The molecule has 1 saturated carbocycles. The lowest BCUT2D eigenvalue weighted by atomic mass is 10.3. The average molecular weight is 259 g/mol. The number of hydrogen-bond donors (Lipinski definition) is 0. The van der Waals surface area contributed by atoms with Crippen LogP contribution in [0.4, 0.5) is 0 Å². The smallest absolute Gasteiger partial charge is 0.328 e. The van der Waals surface area contributed by atoms with E-state index >= 15 is 0 Å². The van der Waals surface area contributed by atoms with Crippen LogP contribution in [0.15, 0.2) is 29.3 Å². The summed E-state index contributed by atoms with van der Waals surface area (Å²) in [4.78, 5) is 16.6. The largest absolute Gasteiger partial charge is 0.497 e. The number of aryl methyl sites for hydroxylation is 1. The minimum absolute atomic E-state index is 0.0461. The van der Waals surface area contributed by atoms with Crippen LogP contribution >= 0.6 is 0 Å². The number of aromatic nitrogens is 3. The fourth-order valence-electron chi connectivity index (χ4n) is 2.26. The Labute approximate surface area is 111 Å². The Balaban J connectivity index is 1.88. The predicted molar refractivity (Wildman–Crippen MR) is 71.6 cm³/mol. The van der Waals surface area contributed by atoms with Gasteiger partial charge in [-0.05, 0) is 19.8 Å². The molecule has 0 spiro atoms. The third-order valence-corrected chi connectivity index (χ3v) is 3.36. The molecular weight excluding hydrogens is 242 g/mol. The van der Waals surface area contributed by atoms with Crippen LogP contribution in [-0.2, 0) is 6.54 Å². The molecule has 0 aliphatic heterocycles. The van der Waals surface area contributed by atoms with E-state index in [-0.39, 0.29) is 5.69 Å². The molecule has 0 atom stereocenters. The maximum absolute atomic E-state index is 12.2. The molecule has 5 heteroatoms. The standard InChI is InChI=1S/C14H17N3O2/c1-10-7-13(19-2)8-11(15-10)9-16-5-6-17(14(16)18)12-3-4-12/h5-8,12H,3-4,9H2,1-2H3. The van der Waals surface area contributed by atoms with Gasteiger partial charge in [-0.15, -0.1) is 0 Å². The van der Waals surface area contributed by atoms with E-state index in [4.69, 9.17) is 4.74 Å². The molecule has 0 saturated heterocycles. The van der Waals surface area contributed by atoms with Gasteiger partial charge in [0.15, 0.2) is 0 Å². The summed E-state index contributed by atoms with van der Waals surface area (Å²) in [7, 11) is 1.63. The summed E-state index contributed by atoms with van der Waals surface area (Å²) in [6, 6.07) is 4.16. The quantitative estimate of drug-likeness (QED) is 0.840. The van der Waals surface area contributed by atoms with Gasteiger partial charge in [-0.3, -0.25) is 14.1 Å². The maximum atomic E-state index is 12.2. The van der Waals surface area contributed by atoms with Gasteiger partial charge in [-0.2, -0.15) is 0 Å². The van der Waals surface area contributed by atoms with Crippen molar-refractivity contribution in [2.24, 2.45) is 0 Å². The first-order chi connectivity index (χ1) is 9.17. The third-order valence-electron chi connectivity index (χ3n) is 3.36. The summed E-state index contributed by atoms with van der Waals surface area (Å²) in [5, 5.41) is 0. The fraction of sp³-hybridized carbons (Fsp3) is 0.429. The number of pyridine rings is 1. The highest BCUT2D eigenvalue weighted by atomic mass is 16.5. The van der Waals surface area contributed by atoms with Gasteiger partial charge in [-0.25, -0.2) is 4.79 Å². The first kappa shape index (κ1) is 12.0. The molecule has 3 rings (SSSR count). The zero-order chi connectivity index (χ0) is 13.4. The molecule has 2 aromatic rings. The number of hydrogen-bond acceptors (Lipinski definition) is 3. The zero-order valence-corrected chi connectivity index (χ0v) is 11.2. The van der Waals surface area contributed by atoms with Crippen molar-refractivity contribution in [3.8, 4) is 5.75 Å². The van der Waals surface area contributed by atoms with Crippen LogP contribution in [0.3, 0.4) is 0 Å².